The minimum atomic E-state index is 0.548. The molecular formula is C11H15N3O2S. The van der Waals surface area contributed by atoms with Crippen molar-refractivity contribution in [1.82, 2.24) is 15.5 Å². The zero-order valence-electron chi connectivity index (χ0n) is 9.90. The van der Waals surface area contributed by atoms with Gasteiger partial charge in [0.2, 0.25) is 5.89 Å². The molecule has 0 aliphatic heterocycles. The van der Waals surface area contributed by atoms with Crippen molar-refractivity contribution in [2.75, 3.05) is 13.7 Å². The number of methoxy groups -OCH3 is 1. The molecule has 0 unspecified atom stereocenters. The van der Waals surface area contributed by atoms with Gasteiger partial charge in [-0.3, -0.25) is 0 Å². The molecule has 0 fully saturated rings. The summed E-state index contributed by atoms with van der Waals surface area (Å²) < 4.78 is 10.7. The van der Waals surface area contributed by atoms with Crippen molar-refractivity contribution >= 4 is 11.3 Å². The summed E-state index contributed by atoms with van der Waals surface area (Å²) in [6, 6.07) is 1.89. The highest BCUT2D eigenvalue weighted by Gasteiger charge is 2.10. The van der Waals surface area contributed by atoms with E-state index in [0.717, 1.165) is 23.6 Å². The second-order valence-electron chi connectivity index (χ2n) is 3.53. The lowest BCUT2D eigenvalue weighted by atomic mass is 10.4. The maximum absolute atomic E-state index is 5.54. The number of thiophene rings is 1. The van der Waals surface area contributed by atoms with Crippen molar-refractivity contribution in [1.29, 1.82) is 0 Å². The largest absolute Gasteiger partial charge is 0.496 e. The van der Waals surface area contributed by atoms with Gasteiger partial charge in [-0.25, -0.2) is 0 Å². The number of aromatic nitrogens is 2. The number of nitrogens with zero attached hydrogens (tertiary/aromatic N) is 2. The zero-order chi connectivity index (χ0) is 12.1. The zero-order valence-corrected chi connectivity index (χ0v) is 10.7. The SMILES string of the molecule is CCCNCc1nnc(-c2cc(OC)cs2)o1. The van der Waals surface area contributed by atoms with E-state index in [2.05, 4.69) is 22.4 Å². The number of hydrogen-bond donors (Lipinski definition) is 1. The van der Waals surface area contributed by atoms with Gasteiger partial charge >= 0.3 is 0 Å². The lowest BCUT2D eigenvalue weighted by molar-refractivity contribution is 0.416. The van der Waals surface area contributed by atoms with E-state index in [1.54, 1.807) is 7.11 Å². The standard InChI is InChI=1S/C11H15N3O2S/c1-3-4-12-6-10-13-14-11(16-10)9-5-8(15-2)7-17-9/h5,7,12H,3-4,6H2,1-2H3. The van der Waals surface area contributed by atoms with E-state index >= 15 is 0 Å². The molecule has 2 aromatic rings. The van der Waals surface area contributed by atoms with Crippen LogP contribution in [-0.2, 0) is 6.54 Å². The van der Waals surface area contributed by atoms with Gasteiger partial charge in [-0.15, -0.1) is 21.5 Å². The van der Waals surface area contributed by atoms with Crippen LogP contribution in [0.3, 0.4) is 0 Å². The second kappa shape index (κ2) is 5.79. The minimum Gasteiger partial charge on any atom is -0.496 e. The Morgan fingerprint density at radius 3 is 3.06 bits per heavy atom. The minimum absolute atomic E-state index is 0.548. The van der Waals surface area contributed by atoms with Gasteiger partial charge in [0.25, 0.3) is 5.89 Å². The fourth-order valence-corrected chi connectivity index (χ4v) is 2.11. The van der Waals surface area contributed by atoms with Crippen LogP contribution in [0.25, 0.3) is 10.8 Å². The first kappa shape index (κ1) is 12.1. The molecule has 0 bridgehead atoms. The summed E-state index contributed by atoms with van der Waals surface area (Å²) in [4.78, 5) is 0.927. The summed E-state index contributed by atoms with van der Waals surface area (Å²) >= 11 is 1.53. The highest BCUT2D eigenvalue weighted by atomic mass is 32.1. The molecule has 6 heteroatoms. The first-order valence-corrected chi connectivity index (χ1v) is 6.37. The number of hydrogen-bond acceptors (Lipinski definition) is 6. The fourth-order valence-electron chi connectivity index (χ4n) is 1.33. The van der Waals surface area contributed by atoms with Gasteiger partial charge in [0.15, 0.2) is 0 Å². The van der Waals surface area contributed by atoms with E-state index in [-0.39, 0.29) is 0 Å². The molecule has 0 aliphatic rings. The third-order valence-electron chi connectivity index (χ3n) is 2.19. The molecule has 0 saturated heterocycles. The summed E-state index contributed by atoms with van der Waals surface area (Å²) in [6.45, 7) is 3.68. The van der Waals surface area contributed by atoms with Gasteiger partial charge < -0.3 is 14.5 Å². The Balaban J connectivity index is 2.02. The Morgan fingerprint density at radius 1 is 1.47 bits per heavy atom. The van der Waals surface area contributed by atoms with Crippen LogP contribution in [0.15, 0.2) is 15.9 Å². The van der Waals surface area contributed by atoms with Crippen LogP contribution < -0.4 is 10.1 Å². The first-order chi connectivity index (χ1) is 8.33. The lowest BCUT2D eigenvalue weighted by Gasteiger charge is -1.96. The van der Waals surface area contributed by atoms with Crippen molar-refractivity contribution in [3.8, 4) is 16.5 Å². The molecule has 2 heterocycles. The molecule has 0 aromatic carbocycles. The van der Waals surface area contributed by atoms with Crippen LogP contribution in [0.1, 0.15) is 19.2 Å². The maximum atomic E-state index is 5.54. The molecule has 0 amide bonds. The van der Waals surface area contributed by atoms with E-state index in [1.165, 1.54) is 11.3 Å². The molecule has 0 atom stereocenters. The summed E-state index contributed by atoms with van der Waals surface area (Å²) in [5, 5.41) is 13.1. The van der Waals surface area contributed by atoms with Crippen LogP contribution in [0.4, 0.5) is 0 Å². The Labute approximate surface area is 104 Å². The molecule has 2 aromatic heterocycles. The first-order valence-electron chi connectivity index (χ1n) is 5.49. The van der Waals surface area contributed by atoms with Crippen molar-refractivity contribution in [2.45, 2.75) is 19.9 Å². The lowest BCUT2D eigenvalue weighted by Crippen LogP contribution is -2.13. The van der Waals surface area contributed by atoms with Gasteiger partial charge in [-0.05, 0) is 13.0 Å². The van der Waals surface area contributed by atoms with Crippen molar-refractivity contribution in [3.05, 3.63) is 17.3 Å². The Bertz CT molecular complexity index is 467. The molecule has 2 rings (SSSR count). The van der Waals surface area contributed by atoms with Gasteiger partial charge in [0.05, 0.1) is 18.5 Å². The molecule has 0 aliphatic carbocycles. The number of rotatable bonds is 6. The summed E-state index contributed by atoms with van der Waals surface area (Å²) in [6.07, 6.45) is 1.09. The monoisotopic (exact) mass is 253 g/mol. The van der Waals surface area contributed by atoms with Gasteiger partial charge in [0.1, 0.15) is 5.75 Å². The Morgan fingerprint density at radius 2 is 2.35 bits per heavy atom. The summed E-state index contributed by atoms with van der Waals surface area (Å²) in [7, 11) is 1.64. The molecule has 0 saturated carbocycles. The van der Waals surface area contributed by atoms with Crippen molar-refractivity contribution in [2.24, 2.45) is 0 Å². The molecule has 5 nitrogen and oxygen atoms in total. The van der Waals surface area contributed by atoms with Crippen LogP contribution in [0.5, 0.6) is 5.75 Å². The molecule has 1 N–H and O–H groups in total. The fraction of sp³-hybridized carbons (Fsp3) is 0.455. The second-order valence-corrected chi connectivity index (χ2v) is 4.44. The van der Waals surface area contributed by atoms with E-state index in [1.807, 2.05) is 11.4 Å². The molecule has 0 radical (unpaired) electrons. The highest BCUT2D eigenvalue weighted by Crippen LogP contribution is 2.29. The third-order valence-corrected chi connectivity index (χ3v) is 3.09. The predicted octanol–water partition coefficient (Wildman–Crippen LogP) is 2.31. The molecular weight excluding hydrogens is 238 g/mol. The van der Waals surface area contributed by atoms with Crippen LogP contribution in [-0.4, -0.2) is 23.9 Å². The normalized spacial score (nSPS) is 10.7. The van der Waals surface area contributed by atoms with Gasteiger partial charge in [-0.2, -0.15) is 0 Å². The average molecular weight is 253 g/mol. The van der Waals surface area contributed by atoms with E-state index in [4.69, 9.17) is 9.15 Å². The van der Waals surface area contributed by atoms with Crippen LogP contribution in [0, 0.1) is 0 Å². The van der Waals surface area contributed by atoms with Gasteiger partial charge in [-0.1, -0.05) is 6.92 Å². The number of nitrogens with one attached hydrogen (secondary N) is 1. The van der Waals surface area contributed by atoms with E-state index in [0.29, 0.717) is 18.3 Å². The summed E-state index contributed by atoms with van der Waals surface area (Å²) in [5.74, 6) is 1.97. The third kappa shape index (κ3) is 3.04. The predicted molar refractivity (Wildman–Crippen MR) is 66.2 cm³/mol. The topological polar surface area (TPSA) is 60.2 Å². The van der Waals surface area contributed by atoms with E-state index in [9.17, 15) is 0 Å². The van der Waals surface area contributed by atoms with Crippen LogP contribution >= 0.6 is 11.3 Å². The molecule has 0 spiro atoms. The Kier molecular flexibility index (Phi) is 4.11. The maximum Gasteiger partial charge on any atom is 0.257 e. The average Bonchev–Trinajstić information content (AvgIpc) is 2.97. The molecule has 92 valence electrons. The number of ether oxygens (including phenoxy) is 1. The van der Waals surface area contributed by atoms with E-state index < -0.39 is 0 Å². The van der Waals surface area contributed by atoms with Crippen molar-refractivity contribution in [3.63, 3.8) is 0 Å². The smallest absolute Gasteiger partial charge is 0.257 e. The molecule has 17 heavy (non-hydrogen) atoms. The Hall–Kier alpha value is -1.40. The quantitative estimate of drug-likeness (QED) is 0.800. The highest BCUT2D eigenvalue weighted by molar-refractivity contribution is 7.13. The van der Waals surface area contributed by atoms with Crippen LogP contribution in [0.2, 0.25) is 0 Å². The summed E-state index contributed by atoms with van der Waals surface area (Å²) in [5.41, 5.74) is 0. The van der Waals surface area contributed by atoms with Crippen molar-refractivity contribution < 1.29 is 9.15 Å². The van der Waals surface area contributed by atoms with Gasteiger partial charge in [0, 0.05) is 11.4 Å².